The number of hydrogen-bond acceptors (Lipinski definition) is 2. The van der Waals surface area contributed by atoms with E-state index in [1.165, 1.54) is 0 Å². The van der Waals surface area contributed by atoms with Crippen molar-refractivity contribution in [3.8, 4) is 0 Å². The van der Waals surface area contributed by atoms with Gasteiger partial charge in [0.05, 0.1) is 0 Å². The van der Waals surface area contributed by atoms with E-state index in [9.17, 15) is 4.79 Å². The summed E-state index contributed by atoms with van der Waals surface area (Å²) in [6, 6.07) is 4.94. The Balaban J connectivity index is 2.71. The number of aliphatic carboxylic acids is 1. The fraction of sp³-hybridized carbons (Fsp3) is 0.462. The smallest absolute Gasteiger partial charge is 0.326 e. The van der Waals surface area contributed by atoms with Crippen molar-refractivity contribution in [2.45, 2.75) is 39.2 Å². The molecule has 94 valence electrons. The average molecular weight is 256 g/mol. The zero-order valence-electron chi connectivity index (χ0n) is 10.2. The van der Waals surface area contributed by atoms with E-state index in [2.05, 4.69) is 5.32 Å². The van der Waals surface area contributed by atoms with Crippen LogP contribution in [0, 0.1) is 6.92 Å². The van der Waals surface area contributed by atoms with Crippen molar-refractivity contribution in [1.29, 1.82) is 0 Å². The van der Waals surface area contributed by atoms with Gasteiger partial charge in [0, 0.05) is 10.7 Å². The first-order valence-electron chi connectivity index (χ1n) is 5.80. The Morgan fingerprint density at radius 2 is 2.24 bits per heavy atom. The number of rotatable bonds is 6. The number of halogens is 1. The van der Waals surface area contributed by atoms with Crippen LogP contribution in [-0.4, -0.2) is 17.1 Å². The lowest BCUT2D eigenvalue weighted by Gasteiger charge is -2.15. The Labute approximate surface area is 107 Å². The van der Waals surface area contributed by atoms with E-state index in [0.717, 1.165) is 24.1 Å². The molecule has 0 aliphatic carbocycles. The Kier molecular flexibility index (Phi) is 5.29. The second-order valence-corrected chi connectivity index (χ2v) is 4.55. The van der Waals surface area contributed by atoms with Crippen LogP contribution >= 0.6 is 11.6 Å². The van der Waals surface area contributed by atoms with Gasteiger partial charge in [0.25, 0.3) is 0 Å². The molecule has 1 aromatic rings. The van der Waals surface area contributed by atoms with Gasteiger partial charge in [-0.2, -0.15) is 0 Å². The first kappa shape index (κ1) is 13.8. The number of anilines is 1. The Bertz CT molecular complexity index is 393. The Morgan fingerprint density at radius 1 is 1.53 bits per heavy atom. The lowest BCUT2D eigenvalue weighted by Crippen LogP contribution is -2.29. The van der Waals surface area contributed by atoms with Crippen molar-refractivity contribution >= 4 is 23.3 Å². The minimum absolute atomic E-state index is 0.547. The maximum absolute atomic E-state index is 11.1. The number of aryl methyl sites for hydroxylation is 1. The van der Waals surface area contributed by atoms with E-state index in [-0.39, 0.29) is 0 Å². The zero-order valence-corrected chi connectivity index (χ0v) is 10.9. The van der Waals surface area contributed by atoms with Gasteiger partial charge in [-0.15, -0.1) is 0 Å². The molecule has 1 atom stereocenters. The van der Waals surface area contributed by atoms with Crippen LogP contribution in [0.25, 0.3) is 0 Å². The summed E-state index contributed by atoms with van der Waals surface area (Å²) in [5.41, 5.74) is 1.74. The fourth-order valence-corrected chi connectivity index (χ4v) is 1.73. The summed E-state index contributed by atoms with van der Waals surface area (Å²) in [6.45, 7) is 3.96. The maximum atomic E-state index is 11.1. The van der Waals surface area contributed by atoms with Crippen molar-refractivity contribution in [2.24, 2.45) is 0 Å². The molecule has 0 heterocycles. The van der Waals surface area contributed by atoms with E-state index in [0.29, 0.717) is 11.4 Å². The summed E-state index contributed by atoms with van der Waals surface area (Å²) in [4.78, 5) is 11.1. The van der Waals surface area contributed by atoms with E-state index in [4.69, 9.17) is 16.7 Å². The van der Waals surface area contributed by atoms with E-state index in [1.807, 2.05) is 26.0 Å². The van der Waals surface area contributed by atoms with E-state index >= 15 is 0 Å². The summed E-state index contributed by atoms with van der Waals surface area (Å²) in [7, 11) is 0. The lowest BCUT2D eigenvalue weighted by molar-refractivity contribution is -0.138. The molecule has 0 bridgehead atoms. The predicted octanol–water partition coefficient (Wildman–Crippen LogP) is 3.70. The molecule has 1 aromatic carbocycles. The maximum Gasteiger partial charge on any atom is 0.326 e. The standard InChI is InChI=1S/C13H18ClNO2/c1-3-4-5-12(13(16)17)15-10-7-6-9(2)11(14)8-10/h6-8,12,15H,3-5H2,1-2H3,(H,16,17). The van der Waals surface area contributed by atoms with Gasteiger partial charge < -0.3 is 10.4 Å². The minimum atomic E-state index is -0.824. The second-order valence-electron chi connectivity index (χ2n) is 4.14. The molecule has 0 radical (unpaired) electrons. The van der Waals surface area contributed by atoms with Gasteiger partial charge in [-0.1, -0.05) is 37.4 Å². The number of carboxylic acids is 1. The molecule has 3 nitrogen and oxygen atoms in total. The van der Waals surface area contributed by atoms with Crippen molar-refractivity contribution in [3.63, 3.8) is 0 Å². The molecule has 0 fully saturated rings. The molecule has 1 rings (SSSR count). The van der Waals surface area contributed by atoms with Crippen LogP contribution in [0.3, 0.4) is 0 Å². The third-order valence-corrected chi connectivity index (χ3v) is 3.06. The topological polar surface area (TPSA) is 49.3 Å². The Hall–Kier alpha value is -1.22. The van der Waals surface area contributed by atoms with Gasteiger partial charge in [0.1, 0.15) is 6.04 Å². The van der Waals surface area contributed by atoms with Gasteiger partial charge in [0.2, 0.25) is 0 Å². The normalized spacial score (nSPS) is 12.2. The van der Waals surface area contributed by atoms with Crippen LogP contribution in [0.2, 0.25) is 5.02 Å². The number of nitrogens with one attached hydrogen (secondary N) is 1. The molecule has 0 saturated carbocycles. The summed E-state index contributed by atoms with van der Waals surface area (Å²) < 4.78 is 0. The van der Waals surface area contributed by atoms with Crippen molar-refractivity contribution in [1.82, 2.24) is 0 Å². The first-order chi connectivity index (χ1) is 8.04. The van der Waals surface area contributed by atoms with Gasteiger partial charge in [0.15, 0.2) is 0 Å². The molecule has 0 amide bonds. The van der Waals surface area contributed by atoms with Crippen LogP contribution in [-0.2, 0) is 4.79 Å². The predicted molar refractivity (Wildman–Crippen MR) is 70.8 cm³/mol. The lowest BCUT2D eigenvalue weighted by atomic mass is 10.1. The van der Waals surface area contributed by atoms with Crippen LogP contribution in [0.4, 0.5) is 5.69 Å². The van der Waals surface area contributed by atoms with Gasteiger partial charge in [-0.25, -0.2) is 4.79 Å². The van der Waals surface area contributed by atoms with Crippen LogP contribution in [0.5, 0.6) is 0 Å². The van der Waals surface area contributed by atoms with E-state index in [1.54, 1.807) is 6.07 Å². The van der Waals surface area contributed by atoms with Gasteiger partial charge in [-0.3, -0.25) is 0 Å². The molecule has 0 saturated heterocycles. The number of hydrogen-bond donors (Lipinski definition) is 2. The molecule has 17 heavy (non-hydrogen) atoms. The van der Waals surface area contributed by atoms with Crippen molar-refractivity contribution in [2.75, 3.05) is 5.32 Å². The quantitative estimate of drug-likeness (QED) is 0.815. The summed E-state index contributed by atoms with van der Waals surface area (Å²) in [6.07, 6.45) is 2.50. The second kappa shape index (κ2) is 6.50. The van der Waals surface area contributed by atoms with Crippen LogP contribution in [0.15, 0.2) is 18.2 Å². The molecular weight excluding hydrogens is 238 g/mol. The number of unbranched alkanes of at least 4 members (excludes halogenated alkanes) is 1. The molecule has 1 unspecified atom stereocenters. The van der Waals surface area contributed by atoms with Crippen molar-refractivity contribution in [3.05, 3.63) is 28.8 Å². The van der Waals surface area contributed by atoms with Gasteiger partial charge >= 0.3 is 5.97 Å². The summed E-state index contributed by atoms with van der Waals surface area (Å²) >= 11 is 5.99. The van der Waals surface area contributed by atoms with E-state index < -0.39 is 12.0 Å². The molecule has 2 N–H and O–H groups in total. The molecule has 4 heteroatoms. The third kappa shape index (κ3) is 4.27. The van der Waals surface area contributed by atoms with Gasteiger partial charge in [-0.05, 0) is 31.0 Å². The highest BCUT2D eigenvalue weighted by Gasteiger charge is 2.16. The summed E-state index contributed by atoms with van der Waals surface area (Å²) in [5, 5.41) is 12.7. The highest BCUT2D eigenvalue weighted by Crippen LogP contribution is 2.21. The molecule has 0 aromatic heterocycles. The number of benzene rings is 1. The van der Waals surface area contributed by atoms with Crippen molar-refractivity contribution < 1.29 is 9.90 Å². The largest absolute Gasteiger partial charge is 0.480 e. The SMILES string of the molecule is CCCCC(Nc1ccc(C)c(Cl)c1)C(=O)O. The number of carbonyl (C=O) groups is 1. The highest BCUT2D eigenvalue weighted by atomic mass is 35.5. The fourth-order valence-electron chi connectivity index (χ4n) is 1.55. The molecule has 0 aliphatic heterocycles. The third-order valence-electron chi connectivity index (χ3n) is 2.66. The summed E-state index contributed by atoms with van der Waals surface area (Å²) in [5.74, 6) is -0.824. The molecule has 0 aliphatic rings. The zero-order chi connectivity index (χ0) is 12.8. The average Bonchev–Trinajstić information content (AvgIpc) is 2.28. The van der Waals surface area contributed by atoms with Crippen LogP contribution < -0.4 is 5.32 Å². The molecular formula is C13H18ClNO2. The molecule has 0 spiro atoms. The number of carboxylic acid groups (broad SMARTS) is 1. The first-order valence-corrected chi connectivity index (χ1v) is 6.18. The monoisotopic (exact) mass is 255 g/mol. The minimum Gasteiger partial charge on any atom is -0.480 e. The van der Waals surface area contributed by atoms with Crippen LogP contribution in [0.1, 0.15) is 31.7 Å². The Morgan fingerprint density at radius 3 is 2.76 bits per heavy atom. The highest BCUT2D eigenvalue weighted by molar-refractivity contribution is 6.31.